The predicted molar refractivity (Wildman–Crippen MR) is 103 cm³/mol. The molecule has 0 saturated heterocycles. The lowest BCUT2D eigenvalue weighted by molar-refractivity contribution is 0.0955. The van der Waals surface area contributed by atoms with Crippen LogP contribution in [0.1, 0.15) is 23.7 Å². The number of para-hydroxylation sites is 1. The topological polar surface area (TPSA) is 51.3 Å². The number of aromatic nitrogens is 3. The number of nitrogens with zero attached hydrogens (tertiary/aromatic N) is 3. The molecule has 4 rings (SSSR count). The van der Waals surface area contributed by atoms with Crippen molar-refractivity contribution in [2.75, 3.05) is 6.54 Å². The number of carbonyl (C=O) groups excluding carboxylic acids is 1. The summed E-state index contributed by atoms with van der Waals surface area (Å²) >= 11 is 0. The van der Waals surface area contributed by atoms with Gasteiger partial charge in [-0.3, -0.25) is 4.79 Å². The third-order valence-corrected chi connectivity index (χ3v) is 4.33. The first kappa shape index (κ1) is 16.1. The van der Waals surface area contributed by atoms with Gasteiger partial charge in [0.25, 0.3) is 5.91 Å². The highest BCUT2D eigenvalue weighted by atomic mass is 16.1. The largest absolute Gasteiger partial charge is 0.352 e. The van der Waals surface area contributed by atoms with E-state index in [0.717, 1.165) is 29.0 Å². The maximum absolute atomic E-state index is 12.5. The number of nitrogens with one attached hydrogen (secondary N) is 1. The van der Waals surface area contributed by atoms with Gasteiger partial charge in [-0.1, -0.05) is 31.2 Å². The van der Waals surface area contributed by atoms with Crippen molar-refractivity contribution in [3.63, 3.8) is 0 Å². The lowest BCUT2D eigenvalue weighted by Gasteiger charge is -2.02. The first-order valence-corrected chi connectivity index (χ1v) is 8.77. The summed E-state index contributed by atoms with van der Waals surface area (Å²) in [5, 5.41) is 7.66. The van der Waals surface area contributed by atoms with Crippen molar-refractivity contribution < 1.29 is 4.79 Å². The highest BCUT2D eigenvalue weighted by Gasteiger charge is 2.17. The van der Waals surface area contributed by atoms with Crippen LogP contribution in [0, 0.1) is 0 Å². The summed E-state index contributed by atoms with van der Waals surface area (Å²) in [4.78, 5) is 12.5. The van der Waals surface area contributed by atoms with Gasteiger partial charge in [0.2, 0.25) is 0 Å². The Morgan fingerprint density at radius 2 is 1.85 bits per heavy atom. The minimum atomic E-state index is -0.0516. The van der Waals surface area contributed by atoms with E-state index >= 15 is 0 Å². The molecule has 0 spiro atoms. The van der Waals surface area contributed by atoms with Gasteiger partial charge in [0, 0.05) is 18.9 Å². The lowest BCUT2D eigenvalue weighted by Crippen LogP contribution is -2.23. The number of rotatable bonds is 5. The second-order valence-corrected chi connectivity index (χ2v) is 6.14. The molecule has 0 unspecified atom stereocenters. The Hall–Kier alpha value is -3.34. The third-order valence-electron chi connectivity index (χ3n) is 4.33. The summed E-state index contributed by atoms with van der Waals surface area (Å²) in [6.07, 6.45) is 4.80. The molecular formula is C21H20N4O. The average Bonchev–Trinajstić information content (AvgIpc) is 3.32. The summed E-state index contributed by atoms with van der Waals surface area (Å²) < 4.78 is 3.85. The molecule has 130 valence electrons. The first-order valence-electron chi connectivity index (χ1n) is 8.77. The SMILES string of the molecule is CCCNC(=O)c1cc(-c2ccn(-c3ccccc3)n2)n2ccccc12. The normalized spacial score (nSPS) is 11.0. The number of amides is 1. The van der Waals surface area contributed by atoms with Gasteiger partial charge < -0.3 is 9.72 Å². The van der Waals surface area contributed by atoms with Gasteiger partial charge in [0.15, 0.2) is 0 Å². The summed E-state index contributed by atoms with van der Waals surface area (Å²) in [6, 6.07) is 19.7. The molecule has 0 aliphatic heterocycles. The summed E-state index contributed by atoms with van der Waals surface area (Å²) in [6.45, 7) is 2.71. The second kappa shape index (κ2) is 6.88. The molecule has 0 radical (unpaired) electrons. The first-order chi connectivity index (χ1) is 12.8. The van der Waals surface area contributed by atoms with Crippen LogP contribution in [0.4, 0.5) is 0 Å². The molecule has 0 aliphatic carbocycles. The minimum absolute atomic E-state index is 0.0516. The highest BCUT2D eigenvalue weighted by molar-refractivity contribution is 6.02. The van der Waals surface area contributed by atoms with Crippen molar-refractivity contribution >= 4 is 11.4 Å². The van der Waals surface area contributed by atoms with E-state index in [1.807, 2.05) is 89.1 Å². The Balaban J connectivity index is 1.78. The maximum Gasteiger partial charge on any atom is 0.253 e. The van der Waals surface area contributed by atoms with Crippen molar-refractivity contribution in [3.05, 3.63) is 78.6 Å². The molecule has 4 aromatic rings. The van der Waals surface area contributed by atoms with E-state index < -0.39 is 0 Å². The van der Waals surface area contributed by atoms with Crippen LogP contribution >= 0.6 is 0 Å². The van der Waals surface area contributed by atoms with Crippen LogP contribution in [0.15, 0.2) is 73.1 Å². The number of hydrogen-bond donors (Lipinski definition) is 1. The molecule has 1 aromatic carbocycles. The van der Waals surface area contributed by atoms with Crippen LogP contribution in [0.3, 0.4) is 0 Å². The van der Waals surface area contributed by atoms with Gasteiger partial charge >= 0.3 is 0 Å². The summed E-state index contributed by atoms with van der Waals surface area (Å²) in [5.41, 5.74) is 4.27. The van der Waals surface area contributed by atoms with E-state index in [1.165, 1.54) is 0 Å². The molecule has 5 nitrogen and oxygen atoms in total. The van der Waals surface area contributed by atoms with Gasteiger partial charge in [0.05, 0.1) is 22.5 Å². The van der Waals surface area contributed by atoms with Crippen molar-refractivity contribution in [1.82, 2.24) is 19.5 Å². The number of hydrogen-bond acceptors (Lipinski definition) is 2. The van der Waals surface area contributed by atoms with Gasteiger partial charge in [-0.25, -0.2) is 4.68 Å². The molecule has 26 heavy (non-hydrogen) atoms. The van der Waals surface area contributed by atoms with E-state index in [9.17, 15) is 4.79 Å². The van der Waals surface area contributed by atoms with Crippen LogP contribution < -0.4 is 5.32 Å². The molecular weight excluding hydrogens is 324 g/mol. The fourth-order valence-electron chi connectivity index (χ4n) is 3.05. The molecule has 3 aromatic heterocycles. The monoisotopic (exact) mass is 344 g/mol. The molecule has 1 N–H and O–H groups in total. The molecule has 0 atom stereocenters. The molecule has 0 bridgehead atoms. The molecule has 1 amide bonds. The Kier molecular flexibility index (Phi) is 4.27. The van der Waals surface area contributed by atoms with Gasteiger partial charge in [-0.2, -0.15) is 5.10 Å². The van der Waals surface area contributed by atoms with Crippen molar-refractivity contribution in [3.8, 4) is 17.1 Å². The lowest BCUT2D eigenvalue weighted by atomic mass is 10.2. The van der Waals surface area contributed by atoms with Gasteiger partial charge in [-0.05, 0) is 42.8 Å². The number of benzene rings is 1. The smallest absolute Gasteiger partial charge is 0.253 e. The van der Waals surface area contributed by atoms with Crippen molar-refractivity contribution in [1.29, 1.82) is 0 Å². The Morgan fingerprint density at radius 3 is 2.65 bits per heavy atom. The van der Waals surface area contributed by atoms with Crippen LogP contribution in [-0.4, -0.2) is 26.6 Å². The zero-order chi connectivity index (χ0) is 17.9. The predicted octanol–water partition coefficient (Wildman–Crippen LogP) is 3.93. The molecule has 5 heteroatoms. The van der Waals surface area contributed by atoms with E-state index in [1.54, 1.807) is 0 Å². The van der Waals surface area contributed by atoms with Gasteiger partial charge in [-0.15, -0.1) is 0 Å². The van der Waals surface area contributed by atoms with Crippen molar-refractivity contribution in [2.45, 2.75) is 13.3 Å². The average molecular weight is 344 g/mol. The van der Waals surface area contributed by atoms with E-state index in [4.69, 9.17) is 5.10 Å². The maximum atomic E-state index is 12.5. The van der Waals surface area contributed by atoms with Crippen LogP contribution in [-0.2, 0) is 0 Å². The Labute approximate surface area is 151 Å². The molecule has 0 fully saturated rings. The van der Waals surface area contributed by atoms with Gasteiger partial charge in [0.1, 0.15) is 5.69 Å². The zero-order valence-electron chi connectivity index (χ0n) is 14.6. The van der Waals surface area contributed by atoms with Crippen molar-refractivity contribution in [2.24, 2.45) is 0 Å². The van der Waals surface area contributed by atoms with E-state index in [-0.39, 0.29) is 5.91 Å². The Bertz CT molecular complexity index is 1050. The standard InChI is InChI=1S/C21H20N4O/c1-2-12-22-21(26)17-15-20(24-13-7-6-10-19(17)24)18-11-14-25(23-18)16-8-4-3-5-9-16/h3-11,13-15H,2,12H2,1H3,(H,22,26). The summed E-state index contributed by atoms with van der Waals surface area (Å²) in [7, 11) is 0. The third kappa shape index (κ3) is 2.88. The quantitative estimate of drug-likeness (QED) is 0.596. The van der Waals surface area contributed by atoms with Crippen LogP contribution in [0.5, 0.6) is 0 Å². The Morgan fingerprint density at radius 1 is 1.04 bits per heavy atom. The number of carbonyl (C=O) groups is 1. The van der Waals surface area contributed by atoms with E-state index in [0.29, 0.717) is 12.1 Å². The number of fused-ring (bicyclic) bond motifs is 1. The zero-order valence-corrected chi connectivity index (χ0v) is 14.6. The summed E-state index contributed by atoms with van der Waals surface area (Å²) in [5.74, 6) is -0.0516. The second-order valence-electron chi connectivity index (χ2n) is 6.14. The highest BCUT2D eigenvalue weighted by Crippen LogP contribution is 2.25. The van der Waals surface area contributed by atoms with Crippen LogP contribution in [0.2, 0.25) is 0 Å². The van der Waals surface area contributed by atoms with E-state index in [2.05, 4.69) is 5.32 Å². The molecule has 3 heterocycles. The molecule has 0 saturated carbocycles. The fourth-order valence-corrected chi connectivity index (χ4v) is 3.05. The fraction of sp³-hybridized carbons (Fsp3) is 0.143. The number of pyridine rings is 1. The molecule has 0 aliphatic rings. The minimum Gasteiger partial charge on any atom is -0.352 e. The van der Waals surface area contributed by atoms with Crippen LogP contribution in [0.25, 0.3) is 22.6 Å².